The van der Waals surface area contributed by atoms with Crippen LogP contribution in [0, 0.1) is 0 Å². The predicted molar refractivity (Wildman–Crippen MR) is 100 cm³/mol. The van der Waals surface area contributed by atoms with Crippen LogP contribution in [0.2, 0.25) is 10.0 Å². The minimum atomic E-state index is -0.332. The van der Waals surface area contributed by atoms with Crippen LogP contribution in [0.25, 0.3) is 11.0 Å². The number of halogens is 2. The highest BCUT2D eigenvalue weighted by Gasteiger charge is 2.19. The summed E-state index contributed by atoms with van der Waals surface area (Å²) < 4.78 is 13.5. The summed E-state index contributed by atoms with van der Waals surface area (Å²) in [5.41, 5.74) is 2.64. The summed E-state index contributed by atoms with van der Waals surface area (Å²) in [4.78, 5) is 0. The van der Waals surface area contributed by atoms with Gasteiger partial charge in [0.2, 0.25) is 0 Å². The van der Waals surface area contributed by atoms with Gasteiger partial charge in [0, 0.05) is 10.0 Å². The molecule has 2 aromatic heterocycles. The molecule has 0 spiro atoms. The lowest BCUT2D eigenvalue weighted by Crippen LogP contribution is -2.13. The second-order valence-corrected chi connectivity index (χ2v) is 6.65. The molecule has 0 aliphatic rings. The first kappa shape index (κ1) is 17.1. The zero-order chi connectivity index (χ0) is 17.9. The van der Waals surface area contributed by atoms with E-state index in [0.29, 0.717) is 23.2 Å². The third-order valence-electron chi connectivity index (χ3n) is 4.07. The Labute approximate surface area is 160 Å². The molecule has 0 saturated carbocycles. The van der Waals surface area contributed by atoms with E-state index in [9.17, 15) is 0 Å². The summed E-state index contributed by atoms with van der Waals surface area (Å²) >= 11 is 12.2. The molecule has 0 amide bonds. The van der Waals surface area contributed by atoms with E-state index in [2.05, 4.69) is 10.3 Å². The molecule has 0 aliphatic carbocycles. The van der Waals surface area contributed by atoms with Crippen molar-refractivity contribution in [1.82, 2.24) is 15.0 Å². The van der Waals surface area contributed by atoms with Crippen molar-refractivity contribution < 1.29 is 9.15 Å². The third kappa shape index (κ3) is 3.60. The molecule has 26 heavy (non-hydrogen) atoms. The fraction of sp³-hybridized carbons (Fsp3) is 0.158. The zero-order valence-corrected chi connectivity index (χ0v) is 15.2. The standard InChI is InChI=1S/C19H15Cl2N3O2/c20-14-8-7-13(15(21)10-14)12-26-19(18-6-3-9-25-18)11-24-17-5-2-1-4-16(17)22-23-24/h1-10,19H,11-12H2. The largest absolute Gasteiger partial charge is 0.467 e. The molecular weight excluding hydrogens is 373 g/mol. The number of nitrogens with zero attached hydrogens (tertiary/aromatic N) is 3. The molecule has 0 N–H and O–H groups in total. The molecule has 4 rings (SSSR count). The summed E-state index contributed by atoms with van der Waals surface area (Å²) in [6.07, 6.45) is 1.29. The molecule has 5 nitrogen and oxygen atoms in total. The molecule has 0 radical (unpaired) electrons. The van der Waals surface area contributed by atoms with Crippen molar-refractivity contribution in [2.45, 2.75) is 19.3 Å². The maximum atomic E-state index is 6.24. The first-order valence-electron chi connectivity index (χ1n) is 8.08. The normalized spacial score (nSPS) is 12.5. The SMILES string of the molecule is Clc1ccc(COC(Cn2nnc3ccccc32)c2ccco2)c(Cl)c1. The van der Waals surface area contributed by atoms with Crippen LogP contribution >= 0.6 is 23.2 Å². The summed E-state index contributed by atoms with van der Waals surface area (Å²) in [5.74, 6) is 0.717. The van der Waals surface area contributed by atoms with E-state index in [1.807, 2.05) is 47.1 Å². The molecule has 1 unspecified atom stereocenters. The van der Waals surface area contributed by atoms with Gasteiger partial charge in [-0.05, 0) is 42.0 Å². The van der Waals surface area contributed by atoms with Crippen molar-refractivity contribution in [2.24, 2.45) is 0 Å². The van der Waals surface area contributed by atoms with Gasteiger partial charge in [0.05, 0.1) is 24.9 Å². The molecule has 0 bridgehead atoms. The van der Waals surface area contributed by atoms with Gasteiger partial charge in [-0.25, -0.2) is 4.68 Å². The highest BCUT2D eigenvalue weighted by molar-refractivity contribution is 6.35. The summed E-state index contributed by atoms with van der Waals surface area (Å²) in [7, 11) is 0. The minimum absolute atomic E-state index is 0.327. The lowest BCUT2D eigenvalue weighted by Gasteiger charge is -2.17. The van der Waals surface area contributed by atoms with Gasteiger partial charge in [0.15, 0.2) is 0 Å². The van der Waals surface area contributed by atoms with Crippen LogP contribution in [-0.4, -0.2) is 15.0 Å². The predicted octanol–water partition coefficient (Wildman–Crippen LogP) is 5.29. The quantitative estimate of drug-likeness (QED) is 0.450. The molecule has 0 fully saturated rings. The Bertz CT molecular complexity index is 1010. The van der Waals surface area contributed by atoms with Crippen molar-refractivity contribution in [1.29, 1.82) is 0 Å². The second kappa shape index (κ2) is 7.50. The molecule has 2 heterocycles. The highest BCUT2D eigenvalue weighted by atomic mass is 35.5. The number of rotatable bonds is 6. The Morgan fingerprint density at radius 1 is 1.08 bits per heavy atom. The first-order chi connectivity index (χ1) is 12.7. The topological polar surface area (TPSA) is 53.1 Å². The average molecular weight is 388 g/mol. The number of benzene rings is 2. The van der Waals surface area contributed by atoms with Crippen LogP contribution in [0.15, 0.2) is 65.3 Å². The van der Waals surface area contributed by atoms with E-state index in [0.717, 1.165) is 22.4 Å². The van der Waals surface area contributed by atoms with Crippen molar-refractivity contribution in [3.05, 3.63) is 82.2 Å². The maximum Gasteiger partial charge on any atom is 0.135 e. The third-order valence-corrected chi connectivity index (χ3v) is 4.66. The zero-order valence-electron chi connectivity index (χ0n) is 13.7. The van der Waals surface area contributed by atoms with Crippen LogP contribution in [0.1, 0.15) is 17.4 Å². The molecule has 0 aliphatic heterocycles. The summed E-state index contributed by atoms with van der Waals surface area (Å²) in [6, 6.07) is 16.9. The maximum absolute atomic E-state index is 6.24. The number of ether oxygens (including phenoxy) is 1. The Morgan fingerprint density at radius 2 is 1.96 bits per heavy atom. The number of hydrogen-bond donors (Lipinski definition) is 0. The van der Waals surface area contributed by atoms with Gasteiger partial charge in [-0.15, -0.1) is 5.10 Å². The Morgan fingerprint density at radius 3 is 2.77 bits per heavy atom. The van der Waals surface area contributed by atoms with Gasteiger partial charge in [-0.3, -0.25) is 0 Å². The lowest BCUT2D eigenvalue weighted by molar-refractivity contribution is 0.0123. The Hall–Kier alpha value is -2.34. The van der Waals surface area contributed by atoms with Crippen LogP contribution in [0.4, 0.5) is 0 Å². The minimum Gasteiger partial charge on any atom is -0.467 e. The number of fused-ring (bicyclic) bond motifs is 1. The van der Waals surface area contributed by atoms with Crippen LogP contribution < -0.4 is 0 Å². The summed E-state index contributed by atoms with van der Waals surface area (Å²) in [5, 5.41) is 9.58. The van der Waals surface area contributed by atoms with Crippen molar-refractivity contribution >= 4 is 34.2 Å². The Kier molecular flexibility index (Phi) is 4.93. The van der Waals surface area contributed by atoms with Gasteiger partial charge in [-0.2, -0.15) is 0 Å². The van der Waals surface area contributed by atoms with E-state index in [4.69, 9.17) is 32.4 Å². The van der Waals surface area contributed by atoms with E-state index in [-0.39, 0.29) is 6.10 Å². The van der Waals surface area contributed by atoms with Crippen LogP contribution in [0.3, 0.4) is 0 Å². The van der Waals surface area contributed by atoms with Gasteiger partial charge >= 0.3 is 0 Å². The number of para-hydroxylation sites is 1. The molecular formula is C19H15Cl2N3O2. The van der Waals surface area contributed by atoms with Gasteiger partial charge < -0.3 is 9.15 Å². The second-order valence-electron chi connectivity index (χ2n) is 5.81. The van der Waals surface area contributed by atoms with Gasteiger partial charge in [-0.1, -0.05) is 46.6 Å². The fourth-order valence-electron chi connectivity index (χ4n) is 2.74. The van der Waals surface area contributed by atoms with Crippen molar-refractivity contribution in [3.63, 3.8) is 0 Å². The Balaban J connectivity index is 1.57. The van der Waals surface area contributed by atoms with Crippen molar-refractivity contribution in [2.75, 3.05) is 0 Å². The fourth-order valence-corrected chi connectivity index (χ4v) is 3.20. The van der Waals surface area contributed by atoms with E-state index in [1.165, 1.54) is 0 Å². The van der Waals surface area contributed by atoms with Gasteiger partial charge in [0.25, 0.3) is 0 Å². The van der Waals surface area contributed by atoms with E-state index in [1.54, 1.807) is 18.4 Å². The molecule has 1 atom stereocenters. The molecule has 2 aromatic carbocycles. The highest BCUT2D eigenvalue weighted by Crippen LogP contribution is 2.26. The van der Waals surface area contributed by atoms with Crippen molar-refractivity contribution in [3.8, 4) is 0 Å². The molecule has 4 aromatic rings. The number of hydrogen-bond acceptors (Lipinski definition) is 4. The average Bonchev–Trinajstić information content (AvgIpc) is 3.30. The lowest BCUT2D eigenvalue weighted by atomic mass is 10.2. The molecule has 7 heteroatoms. The monoisotopic (exact) mass is 387 g/mol. The van der Waals surface area contributed by atoms with Gasteiger partial charge in [0.1, 0.15) is 17.4 Å². The number of furan rings is 1. The van der Waals surface area contributed by atoms with E-state index < -0.39 is 0 Å². The first-order valence-corrected chi connectivity index (χ1v) is 8.83. The van der Waals surface area contributed by atoms with Crippen LogP contribution in [-0.2, 0) is 17.9 Å². The molecule has 132 valence electrons. The number of aromatic nitrogens is 3. The smallest absolute Gasteiger partial charge is 0.135 e. The van der Waals surface area contributed by atoms with E-state index >= 15 is 0 Å². The molecule has 0 saturated heterocycles. The van der Waals surface area contributed by atoms with Crippen LogP contribution in [0.5, 0.6) is 0 Å². The summed E-state index contributed by atoms with van der Waals surface area (Å²) in [6.45, 7) is 0.799.